The van der Waals surface area contributed by atoms with Gasteiger partial charge in [0.05, 0.1) is 5.56 Å². The lowest BCUT2D eigenvalue weighted by molar-refractivity contribution is 0.112. The molecule has 5 heteroatoms. The van der Waals surface area contributed by atoms with E-state index in [4.69, 9.17) is 0 Å². The second-order valence-corrected chi connectivity index (χ2v) is 2.53. The molecule has 0 aliphatic carbocycles. The van der Waals surface area contributed by atoms with Crippen molar-refractivity contribution in [2.75, 3.05) is 0 Å². The lowest BCUT2D eigenvalue weighted by Gasteiger charge is -2.04. The summed E-state index contributed by atoms with van der Waals surface area (Å²) in [5.74, 6) is 0. The van der Waals surface area contributed by atoms with Gasteiger partial charge in [-0.05, 0) is 12.5 Å². The van der Waals surface area contributed by atoms with Gasteiger partial charge >= 0.3 is 0 Å². The number of carbonyl (C=O) groups is 1. The third kappa shape index (κ3) is 1.63. The van der Waals surface area contributed by atoms with E-state index in [9.17, 15) is 18.4 Å². The van der Waals surface area contributed by atoms with Crippen molar-refractivity contribution in [3.8, 4) is 0 Å². The summed E-state index contributed by atoms with van der Waals surface area (Å²) < 4.78 is 24.5. The summed E-state index contributed by atoms with van der Waals surface area (Å²) in [7, 11) is 0. The van der Waals surface area contributed by atoms with E-state index in [0.29, 0.717) is 6.29 Å². The Kier molecular flexibility index (Phi) is 2.55. The smallest absolute Gasteiger partial charge is 0.269 e. The Morgan fingerprint density at radius 2 is 2.15 bits per heavy atom. The molecular formula is C8H7F2NO2. The number of pyridine rings is 1. The van der Waals surface area contributed by atoms with Gasteiger partial charge in [-0.2, -0.15) is 0 Å². The number of aromatic nitrogens is 1. The van der Waals surface area contributed by atoms with Gasteiger partial charge in [0.2, 0.25) is 0 Å². The van der Waals surface area contributed by atoms with Gasteiger partial charge in [-0.15, -0.1) is 0 Å². The SMILES string of the molecule is Cc1c(C=O)c[nH]c(=O)c1C(F)F. The van der Waals surface area contributed by atoms with Crippen molar-refractivity contribution in [1.82, 2.24) is 4.98 Å². The van der Waals surface area contributed by atoms with Gasteiger partial charge in [0.25, 0.3) is 12.0 Å². The van der Waals surface area contributed by atoms with Crippen LogP contribution in [0.3, 0.4) is 0 Å². The predicted octanol–water partition coefficient (Wildman–Crippen LogP) is 1.43. The summed E-state index contributed by atoms with van der Waals surface area (Å²) >= 11 is 0. The van der Waals surface area contributed by atoms with Crippen LogP contribution < -0.4 is 5.56 Å². The van der Waals surface area contributed by atoms with Gasteiger partial charge in [0.1, 0.15) is 0 Å². The van der Waals surface area contributed by atoms with E-state index in [1.54, 1.807) is 0 Å². The van der Waals surface area contributed by atoms with Crippen LogP contribution in [0.5, 0.6) is 0 Å². The first-order valence-electron chi connectivity index (χ1n) is 3.53. The zero-order valence-corrected chi connectivity index (χ0v) is 6.80. The van der Waals surface area contributed by atoms with Crippen LogP contribution in [0.15, 0.2) is 11.0 Å². The summed E-state index contributed by atoms with van der Waals surface area (Å²) in [6, 6.07) is 0. The fourth-order valence-corrected chi connectivity index (χ4v) is 1.04. The highest BCUT2D eigenvalue weighted by molar-refractivity contribution is 5.77. The minimum absolute atomic E-state index is 0.0359. The van der Waals surface area contributed by atoms with Crippen molar-refractivity contribution in [3.63, 3.8) is 0 Å². The molecule has 1 N–H and O–H groups in total. The molecule has 0 radical (unpaired) electrons. The van der Waals surface area contributed by atoms with Gasteiger partial charge in [-0.1, -0.05) is 0 Å². The number of hydrogen-bond donors (Lipinski definition) is 1. The molecule has 13 heavy (non-hydrogen) atoms. The molecule has 0 bridgehead atoms. The molecule has 0 saturated carbocycles. The molecule has 0 aliphatic heterocycles. The van der Waals surface area contributed by atoms with Crippen molar-refractivity contribution in [3.05, 3.63) is 33.2 Å². The zero-order valence-electron chi connectivity index (χ0n) is 6.80. The van der Waals surface area contributed by atoms with E-state index >= 15 is 0 Å². The van der Waals surface area contributed by atoms with E-state index < -0.39 is 17.5 Å². The molecule has 1 aromatic heterocycles. The molecule has 3 nitrogen and oxygen atoms in total. The largest absolute Gasteiger partial charge is 0.328 e. The van der Waals surface area contributed by atoms with Crippen LogP contribution in [0.4, 0.5) is 8.78 Å². The highest BCUT2D eigenvalue weighted by atomic mass is 19.3. The van der Waals surface area contributed by atoms with E-state index in [1.165, 1.54) is 6.92 Å². The number of H-pyrrole nitrogens is 1. The minimum atomic E-state index is -2.86. The van der Waals surface area contributed by atoms with Crippen LogP contribution in [0, 0.1) is 6.92 Å². The third-order valence-electron chi connectivity index (χ3n) is 1.79. The molecule has 0 atom stereocenters. The van der Waals surface area contributed by atoms with Gasteiger partial charge < -0.3 is 4.98 Å². The molecule has 1 rings (SSSR count). The Hall–Kier alpha value is -1.52. The van der Waals surface area contributed by atoms with Crippen molar-refractivity contribution in [1.29, 1.82) is 0 Å². The van der Waals surface area contributed by atoms with Crippen LogP contribution >= 0.6 is 0 Å². The van der Waals surface area contributed by atoms with Crippen molar-refractivity contribution < 1.29 is 13.6 Å². The maximum absolute atomic E-state index is 12.3. The predicted molar refractivity (Wildman–Crippen MR) is 42.1 cm³/mol. The number of halogens is 2. The van der Waals surface area contributed by atoms with Gasteiger partial charge in [-0.3, -0.25) is 9.59 Å². The molecule has 1 heterocycles. The highest BCUT2D eigenvalue weighted by Crippen LogP contribution is 2.19. The summed E-state index contributed by atoms with van der Waals surface area (Å²) in [5.41, 5.74) is -1.37. The monoisotopic (exact) mass is 187 g/mol. The number of aldehydes is 1. The second-order valence-electron chi connectivity index (χ2n) is 2.53. The van der Waals surface area contributed by atoms with Gasteiger partial charge in [0, 0.05) is 11.8 Å². The van der Waals surface area contributed by atoms with Gasteiger partial charge in [0.15, 0.2) is 6.29 Å². The van der Waals surface area contributed by atoms with Crippen molar-refractivity contribution in [2.45, 2.75) is 13.3 Å². The number of rotatable bonds is 2. The number of alkyl halides is 2. The topological polar surface area (TPSA) is 49.9 Å². The molecule has 0 amide bonds. The lowest BCUT2D eigenvalue weighted by Crippen LogP contribution is -2.16. The van der Waals surface area contributed by atoms with Crippen molar-refractivity contribution in [2.24, 2.45) is 0 Å². The van der Waals surface area contributed by atoms with Crippen molar-refractivity contribution >= 4 is 6.29 Å². The third-order valence-corrected chi connectivity index (χ3v) is 1.79. The van der Waals surface area contributed by atoms with E-state index in [1.807, 2.05) is 0 Å². The molecule has 70 valence electrons. The van der Waals surface area contributed by atoms with E-state index in [0.717, 1.165) is 6.20 Å². The molecule has 0 saturated heterocycles. The first kappa shape index (κ1) is 9.57. The molecule has 0 aliphatic rings. The zero-order chi connectivity index (χ0) is 10.0. The maximum Gasteiger partial charge on any atom is 0.269 e. The second kappa shape index (κ2) is 3.47. The average molecular weight is 187 g/mol. The number of aromatic amines is 1. The average Bonchev–Trinajstić information content (AvgIpc) is 2.04. The highest BCUT2D eigenvalue weighted by Gasteiger charge is 2.17. The van der Waals surface area contributed by atoms with Crippen LogP contribution in [-0.4, -0.2) is 11.3 Å². The van der Waals surface area contributed by atoms with Crippen LogP contribution in [0.25, 0.3) is 0 Å². The molecule has 0 aromatic carbocycles. The molecule has 0 fully saturated rings. The Balaban J connectivity index is 3.47. The van der Waals surface area contributed by atoms with Gasteiger partial charge in [-0.25, -0.2) is 8.78 Å². The summed E-state index contributed by atoms with van der Waals surface area (Å²) in [5, 5.41) is 0. The summed E-state index contributed by atoms with van der Waals surface area (Å²) in [4.78, 5) is 23.3. The van der Waals surface area contributed by atoms with Crippen LogP contribution in [-0.2, 0) is 0 Å². The summed E-state index contributed by atoms with van der Waals surface area (Å²) in [6.07, 6.45) is -1.31. The Bertz CT molecular complexity index is 384. The summed E-state index contributed by atoms with van der Waals surface area (Å²) in [6.45, 7) is 1.32. The normalized spacial score (nSPS) is 10.5. The standard InChI is InChI=1S/C8H7F2NO2/c1-4-5(3-12)2-11-8(13)6(4)7(9)10/h2-3,7H,1H3,(H,11,13). The van der Waals surface area contributed by atoms with E-state index in [2.05, 4.69) is 4.98 Å². The minimum Gasteiger partial charge on any atom is -0.328 e. The Morgan fingerprint density at radius 3 is 2.62 bits per heavy atom. The lowest BCUT2D eigenvalue weighted by atomic mass is 10.1. The maximum atomic E-state index is 12.3. The number of carbonyl (C=O) groups excluding carboxylic acids is 1. The molecule has 0 unspecified atom stereocenters. The molecule has 1 aromatic rings. The first-order chi connectivity index (χ1) is 6.07. The molecular weight excluding hydrogens is 180 g/mol. The fraction of sp³-hybridized carbons (Fsp3) is 0.250. The van der Waals surface area contributed by atoms with E-state index in [-0.39, 0.29) is 11.1 Å². The quantitative estimate of drug-likeness (QED) is 0.712. The fourth-order valence-electron chi connectivity index (χ4n) is 1.04. The van der Waals surface area contributed by atoms with Crippen LogP contribution in [0.2, 0.25) is 0 Å². The Morgan fingerprint density at radius 1 is 1.54 bits per heavy atom. The van der Waals surface area contributed by atoms with Crippen LogP contribution in [0.1, 0.15) is 27.9 Å². The number of nitrogens with one attached hydrogen (secondary N) is 1. The number of hydrogen-bond acceptors (Lipinski definition) is 2. The molecule has 0 spiro atoms. The first-order valence-corrected chi connectivity index (χ1v) is 3.53. The Labute approximate surface area is 72.4 Å².